The molecular weight excluding hydrogens is 238 g/mol. The summed E-state index contributed by atoms with van der Waals surface area (Å²) in [4.78, 5) is 30.1. The third kappa shape index (κ3) is 3.27. The second kappa shape index (κ2) is 6.33. The molecule has 7 nitrogen and oxygen atoms in total. The van der Waals surface area contributed by atoms with Crippen LogP contribution in [-0.4, -0.2) is 35.6 Å². The Hall–Kier alpha value is -2.44. The summed E-state index contributed by atoms with van der Waals surface area (Å²) in [5.41, 5.74) is 5.82. The molecule has 0 aromatic carbocycles. The van der Waals surface area contributed by atoms with E-state index in [0.717, 1.165) is 12.4 Å². The summed E-state index contributed by atoms with van der Waals surface area (Å²) >= 11 is 0. The number of hydrogen-bond acceptors (Lipinski definition) is 7. The van der Waals surface area contributed by atoms with Crippen LogP contribution in [0.4, 0.5) is 5.82 Å². The number of aromatic nitrogens is 2. The van der Waals surface area contributed by atoms with Gasteiger partial charge in [0.1, 0.15) is 12.1 Å². The van der Waals surface area contributed by atoms with Gasteiger partial charge in [-0.15, -0.1) is 0 Å². The van der Waals surface area contributed by atoms with E-state index in [4.69, 9.17) is 10.5 Å². The van der Waals surface area contributed by atoms with Gasteiger partial charge in [-0.3, -0.25) is 0 Å². The van der Waals surface area contributed by atoms with Crippen molar-refractivity contribution in [1.82, 2.24) is 9.97 Å². The summed E-state index contributed by atoms with van der Waals surface area (Å²) in [6.07, 6.45) is 3.61. The molecule has 2 N–H and O–H groups in total. The van der Waals surface area contributed by atoms with E-state index in [1.165, 1.54) is 13.2 Å². The van der Waals surface area contributed by atoms with Crippen LogP contribution in [0.1, 0.15) is 23.0 Å². The number of hydrogen-bond donors (Lipinski definition) is 1. The molecule has 0 radical (unpaired) electrons. The van der Waals surface area contributed by atoms with E-state index in [0.29, 0.717) is 0 Å². The number of carbonyl (C=O) groups is 2. The molecule has 96 valence electrons. The largest absolute Gasteiger partial charge is 0.464 e. The number of nitrogen functional groups attached to an aromatic ring is 1. The third-order valence-electron chi connectivity index (χ3n) is 1.97. The number of nitrogens with zero attached hydrogens (tertiary/aromatic N) is 2. The molecule has 0 atom stereocenters. The van der Waals surface area contributed by atoms with Crippen molar-refractivity contribution in [3.05, 3.63) is 23.7 Å². The summed E-state index contributed by atoms with van der Waals surface area (Å²) in [6.45, 7) is 1.94. The normalized spacial score (nSPS) is 10.3. The van der Waals surface area contributed by atoms with Crippen LogP contribution >= 0.6 is 0 Å². The minimum Gasteiger partial charge on any atom is -0.464 e. The molecule has 1 rings (SSSR count). The molecule has 0 aliphatic rings. The number of esters is 2. The van der Waals surface area contributed by atoms with Crippen molar-refractivity contribution in [2.75, 3.05) is 19.5 Å². The maximum Gasteiger partial charge on any atom is 0.357 e. The fraction of sp³-hybridized carbons (Fsp3) is 0.273. The Labute approximate surface area is 104 Å². The van der Waals surface area contributed by atoms with Gasteiger partial charge in [-0.1, -0.05) is 0 Å². The number of anilines is 1. The van der Waals surface area contributed by atoms with Gasteiger partial charge in [0.05, 0.1) is 19.3 Å². The van der Waals surface area contributed by atoms with Crippen molar-refractivity contribution >= 4 is 23.8 Å². The van der Waals surface area contributed by atoms with Gasteiger partial charge in [-0.2, -0.15) is 0 Å². The van der Waals surface area contributed by atoms with Crippen molar-refractivity contribution in [3.63, 3.8) is 0 Å². The molecule has 0 spiro atoms. The van der Waals surface area contributed by atoms with Gasteiger partial charge in [0.25, 0.3) is 0 Å². The fourth-order valence-corrected chi connectivity index (χ4v) is 1.17. The van der Waals surface area contributed by atoms with Gasteiger partial charge in [-0.05, 0) is 13.0 Å². The molecule has 0 saturated carbocycles. The molecule has 7 heteroatoms. The first-order valence-electron chi connectivity index (χ1n) is 5.13. The van der Waals surface area contributed by atoms with E-state index >= 15 is 0 Å². The Morgan fingerprint density at radius 3 is 2.78 bits per heavy atom. The van der Waals surface area contributed by atoms with Crippen molar-refractivity contribution in [2.24, 2.45) is 0 Å². The summed E-state index contributed by atoms with van der Waals surface area (Å²) in [5.74, 6) is -1.13. The Kier molecular flexibility index (Phi) is 4.79. The second-order valence-electron chi connectivity index (χ2n) is 3.10. The van der Waals surface area contributed by atoms with Gasteiger partial charge in [0.2, 0.25) is 0 Å². The number of methoxy groups -OCH3 is 1. The lowest BCUT2D eigenvalue weighted by Gasteiger charge is -2.04. The molecule has 0 aliphatic heterocycles. The molecule has 0 saturated heterocycles. The lowest BCUT2D eigenvalue weighted by Crippen LogP contribution is -2.10. The zero-order chi connectivity index (χ0) is 13.5. The molecule has 18 heavy (non-hydrogen) atoms. The van der Waals surface area contributed by atoms with Crippen molar-refractivity contribution < 1.29 is 19.1 Å². The molecule has 1 aromatic rings. The van der Waals surface area contributed by atoms with Gasteiger partial charge in [-0.25, -0.2) is 19.6 Å². The summed E-state index contributed by atoms with van der Waals surface area (Å²) in [6, 6.07) is 0. The quantitative estimate of drug-likeness (QED) is 0.610. The number of ether oxygens (including phenoxy) is 2. The maximum absolute atomic E-state index is 11.4. The van der Waals surface area contributed by atoms with Crippen LogP contribution in [0.2, 0.25) is 0 Å². The molecule has 0 fully saturated rings. The van der Waals surface area contributed by atoms with E-state index in [1.54, 1.807) is 6.92 Å². The van der Waals surface area contributed by atoms with Gasteiger partial charge in [0, 0.05) is 6.08 Å². The van der Waals surface area contributed by atoms with Crippen molar-refractivity contribution in [3.8, 4) is 0 Å². The first kappa shape index (κ1) is 13.6. The van der Waals surface area contributed by atoms with Crippen LogP contribution in [0.5, 0.6) is 0 Å². The molecule has 1 heterocycles. The molecule has 1 aromatic heterocycles. The SMILES string of the molecule is CCOC(=O)C=Cc1c(N)ncnc1C(=O)OC. The van der Waals surface area contributed by atoms with Crippen LogP contribution in [0.3, 0.4) is 0 Å². The predicted molar refractivity (Wildman–Crippen MR) is 63.5 cm³/mol. The minimum atomic E-state index is -0.660. The Morgan fingerprint density at radius 2 is 2.17 bits per heavy atom. The van der Waals surface area contributed by atoms with Crippen LogP contribution in [0.25, 0.3) is 6.08 Å². The molecule has 0 aliphatic carbocycles. The van der Waals surface area contributed by atoms with Crippen LogP contribution < -0.4 is 5.73 Å². The van der Waals surface area contributed by atoms with Crippen molar-refractivity contribution in [1.29, 1.82) is 0 Å². The second-order valence-corrected chi connectivity index (χ2v) is 3.10. The van der Waals surface area contributed by atoms with Crippen molar-refractivity contribution in [2.45, 2.75) is 6.92 Å². The average Bonchev–Trinajstić information content (AvgIpc) is 2.36. The van der Waals surface area contributed by atoms with Crippen LogP contribution in [-0.2, 0) is 14.3 Å². The van der Waals surface area contributed by atoms with E-state index in [1.807, 2.05) is 0 Å². The van der Waals surface area contributed by atoms with Gasteiger partial charge < -0.3 is 15.2 Å². The highest BCUT2D eigenvalue weighted by atomic mass is 16.5. The first-order chi connectivity index (χ1) is 8.60. The standard InChI is InChI=1S/C11H13N3O4/c1-3-18-8(15)5-4-7-9(11(16)17-2)13-6-14-10(7)12/h4-6H,3H2,1-2H3,(H2,12,13,14). The molecule has 0 unspecified atom stereocenters. The lowest BCUT2D eigenvalue weighted by atomic mass is 10.2. The highest BCUT2D eigenvalue weighted by Gasteiger charge is 2.15. The fourth-order valence-electron chi connectivity index (χ4n) is 1.17. The summed E-state index contributed by atoms with van der Waals surface area (Å²) < 4.78 is 9.26. The van der Waals surface area contributed by atoms with Gasteiger partial charge in [0.15, 0.2) is 5.69 Å². The average molecular weight is 251 g/mol. The van der Waals surface area contributed by atoms with E-state index in [2.05, 4.69) is 14.7 Å². The summed E-state index contributed by atoms with van der Waals surface area (Å²) in [7, 11) is 1.22. The number of rotatable bonds is 4. The van der Waals surface area contributed by atoms with Crippen LogP contribution in [0, 0.1) is 0 Å². The Morgan fingerprint density at radius 1 is 1.44 bits per heavy atom. The first-order valence-corrected chi connectivity index (χ1v) is 5.13. The van der Waals surface area contributed by atoms with E-state index in [-0.39, 0.29) is 23.7 Å². The highest BCUT2D eigenvalue weighted by molar-refractivity contribution is 5.96. The Balaban J connectivity index is 3.07. The smallest absolute Gasteiger partial charge is 0.357 e. The molecule has 0 amide bonds. The predicted octanol–water partition coefficient (Wildman–Crippen LogP) is 0.422. The third-order valence-corrected chi connectivity index (χ3v) is 1.97. The van der Waals surface area contributed by atoms with Gasteiger partial charge >= 0.3 is 11.9 Å². The lowest BCUT2D eigenvalue weighted by molar-refractivity contribution is -0.137. The zero-order valence-corrected chi connectivity index (χ0v) is 10.0. The maximum atomic E-state index is 11.4. The summed E-state index contributed by atoms with van der Waals surface area (Å²) in [5, 5.41) is 0. The number of carbonyl (C=O) groups excluding carboxylic acids is 2. The minimum absolute atomic E-state index is 0.00875. The van der Waals surface area contributed by atoms with E-state index in [9.17, 15) is 9.59 Å². The zero-order valence-electron chi connectivity index (χ0n) is 10.0. The molecular formula is C11H13N3O4. The highest BCUT2D eigenvalue weighted by Crippen LogP contribution is 2.15. The Bertz CT molecular complexity index is 485. The van der Waals surface area contributed by atoms with Crippen LogP contribution in [0.15, 0.2) is 12.4 Å². The number of nitrogens with two attached hydrogens (primary N) is 1. The van der Waals surface area contributed by atoms with E-state index < -0.39 is 11.9 Å². The topological polar surface area (TPSA) is 104 Å². The monoisotopic (exact) mass is 251 g/mol. The molecule has 0 bridgehead atoms.